The van der Waals surface area contributed by atoms with Gasteiger partial charge in [0.2, 0.25) is 0 Å². The molecule has 0 saturated heterocycles. The van der Waals surface area contributed by atoms with E-state index in [1.807, 2.05) is 42.5 Å². The lowest BCUT2D eigenvalue weighted by molar-refractivity contribution is -0.123. The molecule has 4 aromatic rings. The van der Waals surface area contributed by atoms with Gasteiger partial charge in [0.25, 0.3) is 5.91 Å². The summed E-state index contributed by atoms with van der Waals surface area (Å²) in [6, 6.07) is 26.5. The van der Waals surface area contributed by atoms with E-state index in [-0.39, 0.29) is 6.61 Å². The van der Waals surface area contributed by atoms with E-state index in [2.05, 4.69) is 28.7 Å². The highest BCUT2D eigenvalue weighted by Crippen LogP contribution is 2.31. The third-order valence-corrected chi connectivity index (χ3v) is 5.31. The summed E-state index contributed by atoms with van der Waals surface area (Å²) in [6.45, 7) is 0.172. The highest BCUT2D eigenvalue weighted by molar-refractivity contribution is 6.30. The number of nitrogens with one attached hydrogen (secondary N) is 1. The first-order valence-corrected chi connectivity index (χ1v) is 11.0. The molecule has 0 aromatic heterocycles. The molecule has 4 rings (SSSR count). The number of rotatable bonds is 9. The predicted octanol–water partition coefficient (Wildman–Crippen LogP) is 5.61. The molecule has 34 heavy (non-hydrogen) atoms. The van der Waals surface area contributed by atoms with E-state index in [9.17, 15) is 4.79 Å². The van der Waals surface area contributed by atoms with Gasteiger partial charge in [0.05, 0.1) is 13.3 Å². The van der Waals surface area contributed by atoms with Crippen LogP contribution in [0, 0.1) is 0 Å². The standard InChI is InChI=1S/C27H23ClN2O4/c1-32-25-11-5-8-20(16-29-30-26(31)18-33-23-14-12-22(28)13-15-23)27(25)34-17-21-9-4-7-19-6-2-3-10-24(19)21/h2-16H,17-18H2,1H3,(H,30,31)/b29-16-. The molecule has 0 spiro atoms. The van der Waals surface area contributed by atoms with Crippen molar-refractivity contribution in [2.24, 2.45) is 5.10 Å². The van der Waals surface area contributed by atoms with Crippen LogP contribution in [0.1, 0.15) is 11.1 Å². The molecule has 0 unspecified atom stereocenters. The molecule has 0 aliphatic carbocycles. The lowest BCUT2D eigenvalue weighted by atomic mass is 10.1. The molecule has 0 atom stereocenters. The van der Waals surface area contributed by atoms with E-state index in [0.29, 0.717) is 34.4 Å². The normalized spacial score (nSPS) is 10.9. The van der Waals surface area contributed by atoms with E-state index in [4.69, 9.17) is 25.8 Å². The van der Waals surface area contributed by atoms with Crippen molar-refractivity contribution in [3.05, 3.63) is 101 Å². The van der Waals surface area contributed by atoms with Crippen LogP contribution in [0.3, 0.4) is 0 Å². The van der Waals surface area contributed by atoms with Crippen molar-refractivity contribution in [2.75, 3.05) is 13.7 Å². The second kappa shape index (κ2) is 11.2. The van der Waals surface area contributed by atoms with Crippen molar-refractivity contribution in [3.63, 3.8) is 0 Å². The Morgan fingerprint density at radius 1 is 0.941 bits per heavy atom. The number of hydrogen-bond acceptors (Lipinski definition) is 5. The highest BCUT2D eigenvalue weighted by Gasteiger charge is 2.11. The Morgan fingerprint density at radius 3 is 2.53 bits per heavy atom. The zero-order valence-corrected chi connectivity index (χ0v) is 19.3. The summed E-state index contributed by atoms with van der Waals surface area (Å²) >= 11 is 5.85. The molecular weight excluding hydrogens is 452 g/mol. The summed E-state index contributed by atoms with van der Waals surface area (Å²) in [6.07, 6.45) is 1.52. The quantitative estimate of drug-likeness (QED) is 0.253. The number of halogens is 1. The number of fused-ring (bicyclic) bond motifs is 1. The second-order valence-electron chi connectivity index (χ2n) is 7.34. The minimum absolute atomic E-state index is 0.179. The van der Waals surface area contributed by atoms with Gasteiger partial charge in [-0.15, -0.1) is 0 Å². The van der Waals surface area contributed by atoms with Gasteiger partial charge in [0, 0.05) is 10.6 Å². The van der Waals surface area contributed by atoms with Crippen LogP contribution in [0.25, 0.3) is 10.8 Å². The Labute approximate surface area is 202 Å². The summed E-state index contributed by atoms with van der Waals surface area (Å²) in [7, 11) is 1.58. The van der Waals surface area contributed by atoms with E-state index in [0.717, 1.165) is 16.3 Å². The van der Waals surface area contributed by atoms with E-state index < -0.39 is 5.91 Å². The molecule has 0 heterocycles. The van der Waals surface area contributed by atoms with Gasteiger partial charge < -0.3 is 14.2 Å². The molecule has 1 amide bonds. The predicted molar refractivity (Wildman–Crippen MR) is 134 cm³/mol. The molecule has 172 valence electrons. The minimum atomic E-state index is -0.396. The van der Waals surface area contributed by atoms with Gasteiger partial charge in [-0.3, -0.25) is 4.79 Å². The van der Waals surface area contributed by atoms with E-state index in [1.165, 1.54) is 6.21 Å². The number of carbonyl (C=O) groups is 1. The largest absolute Gasteiger partial charge is 0.493 e. The van der Waals surface area contributed by atoms with Crippen molar-refractivity contribution in [2.45, 2.75) is 6.61 Å². The first kappa shape index (κ1) is 23.1. The molecule has 0 bridgehead atoms. The molecule has 0 saturated carbocycles. The number of benzene rings is 4. The van der Waals surface area contributed by atoms with Crippen LogP contribution in [-0.2, 0) is 11.4 Å². The Morgan fingerprint density at radius 2 is 1.71 bits per heavy atom. The molecule has 6 nitrogen and oxygen atoms in total. The van der Waals surface area contributed by atoms with Crippen LogP contribution in [0.15, 0.2) is 90.0 Å². The number of hydrogen-bond donors (Lipinski definition) is 1. The van der Waals surface area contributed by atoms with Gasteiger partial charge in [0.15, 0.2) is 18.1 Å². The monoisotopic (exact) mass is 474 g/mol. The maximum Gasteiger partial charge on any atom is 0.277 e. The summed E-state index contributed by atoms with van der Waals surface area (Å²) < 4.78 is 17.1. The fourth-order valence-corrected chi connectivity index (χ4v) is 3.53. The zero-order chi connectivity index (χ0) is 23.8. The molecule has 7 heteroatoms. The summed E-state index contributed by atoms with van der Waals surface area (Å²) in [5.41, 5.74) is 4.18. The molecule has 4 aromatic carbocycles. The lowest BCUT2D eigenvalue weighted by Gasteiger charge is -2.14. The molecule has 0 aliphatic rings. The fraction of sp³-hybridized carbons (Fsp3) is 0.111. The van der Waals surface area contributed by atoms with Crippen LogP contribution >= 0.6 is 11.6 Å². The Hall–Kier alpha value is -4.03. The van der Waals surface area contributed by atoms with Gasteiger partial charge in [-0.05, 0) is 52.7 Å². The molecule has 1 N–H and O–H groups in total. The smallest absolute Gasteiger partial charge is 0.277 e. The van der Waals surface area contributed by atoms with Crippen LogP contribution in [0.2, 0.25) is 5.02 Å². The Balaban J connectivity index is 1.42. The van der Waals surface area contributed by atoms with Crippen LogP contribution in [-0.4, -0.2) is 25.8 Å². The van der Waals surface area contributed by atoms with Gasteiger partial charge in [-0.1, -0.05) is 60.1 Å². The number of nitrogens with zero attached hydrogens (tertiary/aromatic N) is 1. The first-order chi connectivity index (χ1) is 16.6. The maximum atomic E-state index is 12.1. The lowest BCUT2D eigenvalue weighted by Crippen LogP contribution is -2.24. The minimum Gasteiger partial charge on any atom is -0.493 e. The molecule has 0 aliphatic heterocycles. The Kier molecular flexibility index (Phi) is 7.63. The topological polar surface area (TPSA) is 69.2 Å². The van der Waals surface area contributed by atoms with Gasteiger partial charge in [-0.25, -0.2) is 5.43 Å². The maximum absolute atomic E-state index is 12.1. The average Bonchev–Trinajstić information content (AvgIpc) is 2.87. The van der Waals surface area contributed by atoms with Gasteiger partial charge >= 0.3 is 0 Å². The number of methoxy groups -OCH3 is 1. The van der Waals surface area contributed by atoms with Gasteiger partial charge in [-0.2, -0.15) is 5.10 Å². The Bertz CT molecular complexity index is 1300. The third-order valence-electron chi connectivity index (χ3n) is 5.06. The van der Waals surface area contributed by atoms with Crippen LogP contribution in [0.4, 0.5) is 0 Å². The first-order valence-electron chi connectivity index (χ1n) is 10.6. The van der Waals surface area contributed by atoms with Crippen molar-refractivity contribution in [1.29, 1.82) is 0 Å². The SMILES string of the molecule is COc1cccc(/C=N\NC(=O)COc2ccc(Cl)cc2)c1OCc1cccc2ccccc12. The number of ether oxygens (including phenoxy) is 3. The molecular formula is C27H23ClN2O4. The summed E-state index contributed by atoms with van der Waals surface area (Å²) in [5.74, 6) is 1.25. The number of amides is 1. The summed E-state index contributed by atoms with van der Waals surface area (Å²) in [4.78, 5) is 12.1. The van der Waals surface area contributed by atoms with Crippen LogP contribution < -0.4 is 19.6 Å². The summed E-state index contributed by atoms with van der Waals surface area (Å²) in [5, 5.41) is 6.92. The zero-order valence-electron chi connectivity index (χ0n) is 18.5. The van der Waals surface area contributed by atoms with Crippen molar-refractivity contribution in [1.82, 2.24) is 5.43 Å². The number of para-hydroxylation sites is 1. The van der Waals surface area contributed by atoms with E-state index >= 15 is 0 Å². The third kappa shape index (κ3) is 5.85. The van der Waals surface area contributed by atoms with Gasteiger partial charge in [0.1, 0.15) is 12.4 Å². The van der Waals surface area contributed by atoms with E-state index in [1.54, 1.807) is 31.4 Å². The van der Waals surface area contributed by atoms with Crippen molar-refractivity contribution in [3.8, 4) is 17.2 Å². The number of hydrazone groups is 1. The number of carbonyl (C=O) groups excluding carboxylic acids is 1. The van der Waals surface area contributed by atoms with Crippen molar-refractivity contribution >= 4 is 34.5 Å². The fourth-order valence-electron chi connectivity index (χ4n) is 3.40. The average molecular weight is 475 g/mol. The van der Waals surface area contributed by atoms with Crippen molar-refractivity contribution < 1.29 is 19.0 Å². The molecule has 0 fully saturated rings. The van der Waals surface area contributed by atoms with Crippen LogP contribution in [0.5, 0.6) is 17.2 Å². The molecule has 0 radical (unpaired) electrons. The second-order valence-corrected chi connectivity index (χ2v) is 7.78. The highest BCUT2D eigenvalue weighted by atomic mass is 35.5.